The van der Waals surface area contributed by atoms with E-state index in [2.05, 4.69) is 78.1 Å². The predicted molar refractivity (Wildman–Crippen MR) is 125 cm³/mol. The highest BCUT2D eigenvalue weighted by Gasteiger charge is 2.29. The van der Waals surface area contributed by atoms with Gasteiger partial charge in [0.15, 0.2) is 0 Å². The number of methoxy groups -OCH3 is 1. The first kappa shape index (κ1) is 21.6. The lowest BCUT2D eigenvalue weighted by atomic mass is 9.79. The zero-order valence-corrected chi connectivity index (χ0v) is 18.0. The van der Waals surface area contributed by atoms with Crippen molar-refractivity contribution in [3.63, 3.8) is 0 Å². The highest BCUT2D eigenvalue weighted by Crippen LogP contribution is 2.40. The summed E-state index contributed by atoms with van der Waals surface area (Å²) in [4.78, 5) is 0. The number of benzene rings is 3. The largest absolute Gasteiger partial charge is 0.376 e. The summed E-state index contributed by atoms with van der Waals surface area (Å²) in [6.07, 6.45) is 3.71. The average molecular weight is 408 g/mol. The molecule has 152 valence electrons. The summed E-state index contributed by atoms with van der Waals surface area (Å²) in [6, 6.07) is 26.4. The molecular weight excluding hydrogens is 378 g/mol. The molecule has 0 aliphatic heterocycles. The zero-order valence-electron chi connectivity index (χ0n) is 17.2. The van der Waals surface area contributed by atoms with Gasteiger partial charge in [-0.2, -0.15) is 0 Å². The lowest BCUT2D eigenvalue weighted by Gasteiger charge is -2.33. The smallest absolute Gasteiger partial charge is 0.0852 e. The van der Waals surface area contributed by atoms with Crippen LogP contribution in [-0.2, 0) is 11.2 Å². The Bertz CT molecular complexity index is 908. The molecule has 3 heteroatoms. The van der Waals surface area contributed by atoms with E-state index in [4.69, 9.17) is 4.74 Å². The quantitative estimate of drug-likeness (QED) is 0.517. The van der Waals surface area contributed by atoms with Gasteiger partial charge in [0.05, 0.1) is 6.10 Å². The van der Waals surface area contributed by atoms with Crippen LogP contribution in [0, 0.1) is 5.92 Å². The summed E-state index contributed by atoms with van der Waals surface area (Å²) in [6.45, 7) is 1.05. The van der Waals surface area contributed by atoms with Crippen molar-refractivity contribution in [1.29, 1.82) is 0 Å². The molecule has 1 N–H and O–H groups in total. The zero-order chi connectivity index (χ0) is 19.3. The van der Waals surface area contributed by atoms with Crippen molar-refractivity contribution < 1.29 is 4.74 Å². The maximum atomic E-state index is 5.91. The van der Waals surface area contributed by atoms with Crippen LogP contribution < -0.4 is 5.32 Å². The van der Waals surface area contributed by atoms with Crippen molar-refractivity contribution in [1.82, 2.24) is 5.32 Å². The van der Waals surface area contributed by atoms with E-state index < -0.39 is 0 Å². The summed E-state index contributed by atoms with van der Waals surface area (Å²) in [7, 11) is 3.87. The molecule has 4 rings (SSSR count). The SMILES string of the molecule is CNCCC1CCc2cc(-c3ccc(-c4ccccc4)cc3)ccc2C1OC.Cl. The number of hydrogen-bond donors (Lipinski definition) is 1. The monoisotopic (exact) mass is 407 g/mol. The minimum Gasteiger partial charge on any atom is -0.376 e. The molecule has 2 nitrogen and oxygen atoms in total. The maximum absolute atomic E-state index is 5.91. The number of nitrogens with one attached hydrogen (secondary N) is 1. The van der Waals surface area contributed by atoms with E-state index in [1.54, 1.807) is 0 Å². The second-order valence-electron chi connectivity index (χ2n) is 7.70. The van der Waals surface area contributed by atoms with E-state index in [0.717, 1.165) is 19.4 Å². The molecule has 0 saturated heterocycles. The van der Waals surface area contributed by atoms with E-state index >= 15 is 0 Å². The lowest BCUT2D eigenvalue weighted by molar-refractivity contribution is 0.0373. The normalized spacial score (nSPS) is 18.0. The first-order chi connectivity index (χ1) is 13.8. The Morgan fingerprint density at radius 1 is 0.862 bits per heavy atom. The molecule has 2 unspecified atom stereocenters. The third-order valence-corrected chi connectivity index (χ3v) is 6.01. The van der Waals surface area contributed by atoms with Gasteiger partial charge < -0.3 is 10.1 Å². The molecule has 3 aromatic carbocycles. The molecule has 0 bridgehead atoms. The molecular formula is C26H30ClNO. The van der Waals surface area contributed by atoms with Gasteiger partial charge in [0.2, 0.25) is 0 Å². The molecule has 29 heavy (non-hydrogen) atoms. The van der Waals surface area contributed by atoms with Crippen LogP contribution in [0.3, 0.4) is 0 Å². The topological polar surface area (TPSA) is 21.3 Å². The number of halogens is 1. The maximum Gasteiger partial charge on any atom is 0.0852 e. The summed E-state index contributed by atoms with van der Waals surface area (Å²) >= 11 is 0. The predicted octanol–water partition coefficient (Wildman–Crippen LogP) is 6.30. The van der Waals surface area contributed by atoms with Crippen LogP contribution in [0.1, 0.15) is 30.1 Å². The van der Waals surface area contributed by atoms with Gasteiger partial charge in [-0.15, -0.1) is 12.4 Å². The summed E-state index contributed by atoms with van der Waals surface area (Å²) < 4.78 is 5.91. The van der Waals surface area contributed by atoms with Crippen molar-refractivity contribution in [2.75, 3.05) is 20.7 Å². The summed E-state index contributed by atoms with van der Waals surface area (Å²) in [5.41, 5.74) is 7.90. The van der Waals surface area contributed by atoms with Crippen molar-refractivity contribution in [3.05, 3.63) is 83.9 Å². The Labute approximate surface area is 180 Å². The Balaban J connectivity index is 0.00000240. The van der Waals surface area contributed by atoms with Gasteiger partial charge in [0.1, 0.15) is 0 Å². The van der Waals surface area contributed by atoms with E-state index in [0.29, 0.717) is 5.92 Å². The Kier molecular flexibility index (Phi) is 7.49. The van der Waals surface area contributed by atoms with Crippen LogP contribution >= 0.6 is 12.4 Å². The molecule has 0 saturated carbocycles. The molecule has 0 amide bonds. The van der Waals surface area contributed by atoms with Crippen LogP contribution in [-0.4, -0.2) is 20.7 Å². The van der Waals surface area contributed by atoms with Gasteiger partial charge >= 0.3 is 0 Å². The molecule has 0 fully saturated rings. The van der Waals surface area contributed by atoms with Crippen molar-refractivity contribution in [3.8, 4) is 22.3 Å². The molecule has 2 atom stereocenters. The van der Waals surface area contributed by atoms with Crippen molar-refractivity contribution in [2.24, 2.45) is 5.92 Å². The lowest BCUT2D eigenvalue weighted by Crippen LogP contribution is -2.25. The average Bonchev–Trinajstić information content (AvgIpc) is 2.77. The van der Waals surface area contributed by atoms with Gasteiger partial charge in [-0.05, 0) is 72.2 Å². The molecule has 0 aromatic heterocycles. The fraction of sp³-hybridized carbons (Fsp3) is 0.308. The number of rotatable bonds is 6. The number of aryl methyl sites for hydroxylation is 1. The molecule has 0 heterocycles. The Morgan fingerprint density at radius 2 is 1.48 bits per heavy atom. The standard InChI is InChI=1S/C26H29NO.ClH/c1-27-17-16-22-12-13-24-18-23(14-15-25(24)26(22)28-2)21-10-8-20(9-11-21)19-6-4-3-5-7-19;/h3-11,14-15,18,22,26-27H,12-13,16-17H2,1-2H3;1H. The Hall–Kier alpha value is -2.13. The van der Waals surface area contributed by atoms with Crippen LogP contribution in [0.4, 0.5) is 0 Å². The molecule has 0 spiro atoms. The number of ether oxygens (including phenoxy) is 1. The first-order valence-electron chi connectivity index (χ1n) is 10.3. The van der Waals surface area contributed by atoms with E-state index in [1.165, 1.54) is 39.8 Å². The number of fused-ring (bicyclic) bond motifs is 1. The fourth-order valence-corrected chi connectivity index (χ4v) is 4.46. The third-order valence-electron chi connectivity index (χ3n) is 6.01. The fourth-order valence-electron chi connectivity index (χ4n) is 4.46. The number of hydrogen-bond acceptors (Lipinski definition) is 2. The van der Waals surface area contributed by atoms with Crippen molar-refractivity contribution >= 4 is 12.4 Å². The Morgan fingerprint density at radius 3 is 2.14 bits per heavy atom. The van der Waals surface area contributed by atoms with Gasteiger partial charge in [0.25, 0.3) is 0 Å². The van der Waals surface area contributed by atoms with Crippen LogP contribution in [0.25, 0.3) is 22.3 Å². The first-order valence-corrected chi connectivity index (χ1v) is 10.3. The highest BCUT2D eigenvalue weighted by atomic mass is 35.5. The van der Waals surface area contributed by atoms with E-state index in [9.17, 15) is 0 Å². The van der Waals surface area contributed by atoms with E-state index in [-0.39, 0.29) is 18.5 Å². The minimum absolute atomic E-state index is 0. The second kappa shape index (κ2) is 10.1. The van der Waals surface area contributed by atoms with Gasteiger partial charge in [-0.1, -0.05) is 72.8 Å². The molecule has 0 radical (unpaired) electrons. The summed E-state index contributed by atoms with van der Waals surface area (Å²) in [5.74, 6) is 0.598. The third kappa shape index (κ3) is 4.72. The minimum atomic E-state index is 0. The molecule has 3 aromatic rings. The molecule has 1 aliphatic carbocycles. The highest BCUT2D eigenvalue weighted by molar-refractivity contribution is 5.85. The van der Waals surface area contributed by atoms with Gasteiger partial charge in [-0.3, -0.25) is 0 Å². The van der Waals surface area contributed by atoms with Gasteiger partial charge in [-0.25, -0.2) is 0 Å². The van der Waals surface area contributed by atoms with Crippen LogP contribution in [0.15, 0.2) is 72.8 Å². The van der Waals surface area contributed by atoms with E-state index in [1.807, 2.05) is 14.2 Å². The van der Waals surface area contributed by atoms with Gasteiger partial charge in [0, 0.05) is 7.11 Å². The molecule has 1 aliphatic rings. The summed E-state index contributed by atoms with van der Waals surface area (Å²) in [5, 5.41) is 3.27. The van der Waals surface area contributed by atoms with Crippen LogP contribution in [0.2, 0.25) is 0 Å². The van der Waals surface area contributed by atoms with Crippen molar-refractivity contribution in [2.45, 2.75) is 25.4 Å². The second-order valence-corrected chi connectivity index (χ2v) is 7.70. The van der Waals surface area contributed by atoms with Crippen LogP contribution in [0.5, 0.6) is 0 Å².